The average Bonchev–Trinajstić information content (AvgIpc) is 2.45. The van der Waals surface area contributed by atoms with E-state index in [-0.39, 0.29) is 0 Å². The number of nitrogens with zero attached hydrogens (tertiary/aromatic N) is 1. The van der Waals surface area contributed by atoms with Gasteiger partial charge in [0.15, 0.2) is 0 Å². The van der Waals surface area contributed by atoms with Gasteiger partial charge in [-0.1, -0.05) is 39.0 Å². The van der Waals surface area contributed by atoms with Crippen LogP contribution in [0.15, 0.2) is 24.5 Å². The van der Waals surface area contributed by atoms with Crippen molar-refractivity contribution in [1.82, 2.24) is 10.3 Å². The zero-order chi connectivity index (χ0) is 12.6. The van der Waals surface area contributed by atoms with E-state index in [1.165, 1.54) is 50.5 Å². The van der Waals surface area contributed by atoms with E-state index in [2.05, 4.69) is 29.4 Å². The summed E-state index contributed by atoms with van der Waals surface area (Å²) in [7, 11) is 0. The van der Waals surface area contributed by atoms with Crippen molar-refractivity contribution < 1.29 is 0 Å². The van der Waals surface area contributed by atoms with E-state index in [0.717, 1.165) is 12.5 Å². The predicted molar refractivity (Wildman–Crippen MR) is 76.5 cm³/mol. The molecule has 2 heteroatoms. The Morgan fingerprint density at radius 2 is 1.94 bits per heavy atom. The third kappa shape index (κ3) is 4.09. The van der Waals surface area contributed by atoms with Crippen LogP contribution in [0, 0.1) is 5.92 Å². The van der Waals surface area contributed by atoms with Crippen LogP contribution >= 0.6 is 0 Å². The van der Waals surface area contributed by atoms with E-state index in [1.807, 2.05) is 12.4 Å². The molecule has 2 rings (SSSR count). The number of pyridine rings is 1. The Balaban J connectivity index is 1.95. The average molecular weight is 246 g/mol. The Morgan fingerprint density at radius 1 is 1.22 bits per heavy atom. The highest BCUT2D eigenvalue weighted by Gasteiger charge is 2.19. The molecule has 1 fully saturated rings. The maximum absolute atomic E-state index is 4.13. The highest BCUT2D eigenvalue weighted by molar-refractivity contribution is 5.15. The quantitative estimate of drug-likeness (QED) is 0.817. The van der Waals surface area contributed by atoms with Crippen LogP contribution in [-0.4, -0.2) is 11.5 Å². The van der Waals surface area contributed by atoms with E-state index in [1.54, 1.807) is 0 Å². The molecule has 1 aromatic heterocycles. The summed E-state index contributed by atoms with van der Waals surface area (Å²) < 4.78 is 0. The molecule has 100 valence electrons. The van der Waals surface area contributed by atoms with Gasteiger partial charge in [-0.05, 0) is 43.0 Å². The maximum atomic E-state index is 4.13. The molecule has 1 aliphatic carbocycles. The second-order valence-corrected chi connectivity index (χ2v) is 5.53. The van der Waals surface area contributed by atoms with Gasteiger partial charge in [-0.2, -0.15) is 0 Å². The fraction of sp³-hybridized carbons (Fsp3) is 0.688. The van der Waals surface area contributed by atoms with Gasteiger partial charge in [0, 0.05) is 18.4 Å². The lowest BCUT2D eigenvalue weighted by molar-refractivity contribution is 0.300. The SMILES string of the molecule is CCCNC(CC1CCCCC1)c1ccncc1. The van der Waals surface area contributed by atoms with Crippen LogP contribution in [0.1, 0.15) is 63.5 Å². The van der Waals surface area contributed by atoms with Crippen molar-refractivity contribution in [3.8, 4) is 0 Å². The van der Waals surface area contributed by atoms with Crippen molar-refractivity contribution in [2.75, 3.05) is 6.54 Å². The summed E-state index contributed by atoms with van der Waals surface area (Å²) in [6, 6.07) is 4.85. The van der Waals surface area contributed by atoms with Crippen molar-refractivity contribution >= 4 is 0 Å². The van der Waals surface area contributed by atoms with Crippen molar-refractivity contribution in [3.05, 3.63) is 30.1 Å². The van der Waals surface area contributed by atoms with Gasteiger partial charge in [-0.3, -0.25) is 4.98 Å². The van der Waals surface area contributed by atoms with Gasteiger partial charge >= 0.3 is 0 Å². The minimum atomic E-state index is 0.524. The Morgan fingerprint density at radius 3 is 2.61 bits per heavy atom. The number of nitrogens with one attached hydrogen (secondary N) is 1. The summed E-state index contributed by atoms with van der Waals surface area (Å²) in [6.45, 7) is 3.34. The molecule has 0 saturated heterocycles. The van der Waals surface area contributed by atoms with Crippen LogP contribution in [0.4, 0.5) is 0 Å². The van der Waals surface area contributed by atoms with Gasteiger partial charge in [0.1, 0.15) is 0 Å². The Kier molecular flexibility index (Phi) is 5.66. The van der Waals surface area contributed by atoms with Crippen LogP contribution in [-0.2, 0) is 0 Å². The lowest BCUT2D eigenvalue weighted by Crippen LogP contribution is -2.25. The third-order valence-corrected chi connectivity index (χ3v) is 4.04. The lowest BCUT2D eigenvalue weighted by Gasteiger charge is -2.27. The largest absolute Gasteiger partial charge is 0.310 e. The van der Waals surface area contributed by atoms with Gasteiger partial charge in [-0.15, -0.1) is 0 Å². The van der Waals surface area contributed by atoms with Crippen molar-refractivity contribution in [2.45, 2.75) is 57.9 Å². The summed E-state index contributed by atoms with van der Waals surface area (Å²) >= 11 is 0. The molecule has 1 N–H and O–H groups in total. The second kappa shape index (κ2) is 7.52. The van der Waals surface area contributed by atoms with Crippen molar-refractivity contribution in [3.63, 3.8) is 0 Å². The molecule has 1 aliphatic rings. The molecule has 0 spiro atoms. The molecule has 1 unspecified atom stereocenters. The highest BCUT2D eigenvalue weighted by atomic mass is 14.9. The van der Waals surface area contributed by atoms with Gasteiger partial charge in [0.2, 0.25) is 0 Å². The first-order valence-electron chi connectivity index (χ1n) is 7.53. The van der Waals surface area contributed by atoms with Crippen LogP contribution < -0.4 is 5.32 Å². The molecule has 0 radical (unpaired) electrons. The normalized spacial score (nSPS) is 18.7. The van der Waals surface area contributed by atoms with E-state index < -0.39 is 0 Å². The van der Waals surface area contributed by atoms with Gasteiger partial charge in [-0.25, -0.2) is 0 Å². The first-order valence-corrected chi connectivity index (χ1v) is 7.53. The predicted octanol–water partition coefficient (Wildman–Crippen LogP) is 4.09. The van der Waals surface area contributed by atoms with E-state index in [0.29, 0.717) is 6.04 Å². The Labute approximate surface area is 111 Å². The van der Waals surface area contributed by atoms with Crippen molar-refractivity contribution in [1.29, 1.82) is 0 Å². The second-order valence-electron chi connectivity index (χ2n) is 5.53. The molecule has 1 atom stereocenters. The smallest absolute Gasteiger partial charge is 0.0324 e. The van der Waals surface area contributed by atoms with Crippen LogP contribution in [0.2, 0.25) is 0 Å². The molecule has 18 heavy (non-hydrogen) atoms. The summed E-state index contributed by atoms with van der Waals surface area (Å²) in [5.41, 5.74) is 1.41. The first-order chi connectivity index (χ1) is 8.90. The molecule has 2 nitrogen and oxygen atoms in total. The van der Waals surface area contributed by atoms with Gasteiger partial charge in [0.05, 0.1) is 0 Å². The Hall–Kier alpha value is -0.890. The summed E-state index contributed by atoms with van der Waals surface area (Å²) in [6.07, 6.45) is 13.5. The van der Waals surface area contributed by atoms with E-state index >= 15 is 0 Å². The molecule has 0 amide bonds. The molecule has 0 aliphatic heterocycles. The summed E-state index contributed by atoms with van der Waals surface area (Å²) in [4.78, 5) is 4.13. The van der Waals surface area contributed by atoms with Gasteiger partial charge < -0.3 is 5.32 Å². The molecular formula is C16H26N2. The van der Waals surface area contributed by atoms with E-state index in [9.17, 15) is 0 Å². The maximum Gasteiger partial charge on any atom is 0.0324 e. The number of hydrogen-bond acceptors (Lipinski definition) is 2. The number of hydrogen-bond donors (Lipinski definition) is 1. The minimum Gasteiger partial charge on any atom is -0.310 e. The Bertz CT molecular complexity index is 317. The monoisotopic (exact) mass is 246 g/mol. The fourth-order valence-corrected chi connectivity index (χ4v) is 3.01. The lowest BCUT2D eigenvalue weighted by atomic mass is 9.83. The molecule has 0 aromatic carbocycles. The topological polar surface area (TPSA) is 24.9 Å². The third-order valence-electron chi connectivity index (χ3n) is 4.04. The zero-order valence-electron chi connectivity index (χ0n) is 11.6. The molecule has 0 bridgehead atoms. The van der Waals surface area contributed by atoms with E-state index in [4.69, 9.17) is 0 Å². The highest BCUT2D eigenvalue weighted by Crippen LogP contribution is 2.31. The summed E-state index contributed by atoms with van der Waals surface area (Å²) in [5, 5.41) is 3.71. The van der Waals surface area contributed by atoms with Crippen LogP contribution in [0.3, 0.4) is 0 Å². The first kappa shape index (κ1) is 13.5. The summed E-state index contributed by atoms with van der Waals surface area (Å²) in [5.74, 6) is 0.918. The molecular weight excluding hydrogens is 220 g/mol. The zero-order valence-corrected chi connectivity index (χ0v) is 11.6. The van der Waals surface area contributed by atoms with Gasteiger partial charge in [0.25, 0.3) is 0 Å². The molecule has 1 aromatic rings. The fourth-order valence-electron chi connectivity index (χ4n) is 3.01. The van der Waals surface area contributed by atoms with Crippen LogP contribution in [0.5, 0.6) is 0 Å². The number of aromatic nitrogens is 1. The molecule has 1 saturated carbocycles. The number of rotatable bonds is 6. The van der Waals surface area contributed by atoms with Crippen molar-refractivity contribution in [2.24, 2.45) is 5.92 Å². The van der Waals surface area contributed by atoms with Crippen LogP contribution in [0.25, 0.3) is 0 Å². The standard InChI is InChI=1S/C16H26N2/c1-2-10-18-16(15-8-11-17-12-9-15)13-14-6-4-3-5-7-14/h8-9,11-12,14,16,18H,2-7,10,13H2,1H3. The molecule has 1 heterocycles. The minimum absolute atomic E-state index is 0.524.